The quantitative estimate of drug-likeness (QED) is 0.218. The summed E-state index contributed by atoms with van der Waals surface area (Å²) in [7, 11) is 0. The summed E-state index contributed by atoms with van der Waals surface area (Å²) in [4.78, 5) is 19.1. The number of alkyl halides is 4. The van der Waals surface area contributed by atoms with Crippen molar-refractivity contribution < 1.29 is 18.0 Å². The summed E-state index contributed by atoms with van der Waals surface area (Å²) in [6.07, 6.45) is 7.65. The zero-order chi connectivity index (χ0) is 28.0. The number of rotatable bonds is 11. The number of carbonyl (C=O) groups excluding carboxylic acids is 1. The maximum atomic E-state index is 13.4. The van der Waals surface area contributed by atoms with E-state index in [1.807, 2.05) is 0 Å². The van der Waals surface area contributed by atoms with E-state index in [-0.39, 0.29) is 35.9 Å². The van der Waals surface area contributed by atoms with Crippen molar-refractivity contribution in [3.05, 3.63) is 24.0 Å². The Labute approximate surface area is 232 Å². The maximum Gasteiger partial charge on any atom is 0.405 e. The summed E-state index contributed by atoms with van der Waals surface area (Å²) in [5.41, 5.74) is 7.16. The van der Waals surface area contributed by atoms with Gasteiger partial charge in [0.25, 0.3) is 5.91 Å². The summed E-state index contributed by atoms with van der Waals surface area (Å²) < 4.78 is 41.7. The van der Waals surface area contributed by atoms with Crippen LogP contribution in [0.1, 0.15) is 74.7 Å². The second-order valence-electron chi connectivity index (χ2n) is 10.3. The number of amides is 1. The monoisotopic (exact) mass is 570 g/mol. The molecule has 2 aromatic heterocycles. The summed E-state index contributed by atoms with van der Waals surface area (Å²) in [5, 5.41) is 12.8. The van der Waals surface area contributed by atoms with Crippen molar-refractivity contribution in [3.8, 4) is 0 Å². The molecule has 9 nitrogen and oxygen atoms in total. The SMILES string of the molecule is CCCCCCCCCC1C(Cl)CNc2c(C(=O)Nc3cnccc3N3CCNC(C(F)(F)F)C3)c(N)nn21. The van der Waals surface area contributed by atoms with Crippen LogP contribution in [0.25, 0.3) is 0 Å². The third-order valence-electron chi connectivity index (χ3n) is 7.42. The van der Waals surface area contributed by atoms with Crippen LogP contribution >= 0.6 is 11.6 Å². The molecule has 0 spiro atoms. The van der Waals surface area contributed by atoms with Crippen LogP contribution in [0.3, 0.4) is 0 Å². The minimum Gasteiger partial charge on any atom is -0.381 e. The Hall–Kier alpha value is -2.73. The predicted octanol–water partition coefficient (Wildman–Crippen LogP) is 5.17. The molecule has 13 heteroatoms. The molecule has 5 N–H and O–H groups in total. The van der Waals surface area contributed by atoms with E-state index in [1.54, 1.807) is 15.6 Å². The number of pyridine rings is 1. The molecular formula is C26H38ClF3N8O. The van der Waals surface area contributed by atoms with Crippen LogP contribution < -0.4 is 26.6 Å². The Balaban J connectivity index is 1.46. The zero-order valence-electron chi connectivity index (χ0n) is 22.2. The fraction of sp³-hybridized carbons (Fsp3) is 0.654. The van der Waals surface area contributed by atoms with E-state index >= 15 is 0 Å². The second-order valence-corrected chi connectivity index (χ2v) is 10.8. The topological polar surface area (TPSA) is 113 Å². The number of nitrogen functional groups attached to an aromatic ring is 1. The van der Waals surface area contributed by atoms with Gasteiger partial charge in [0, 0.05) is 32.4 Å². The second kappa shape index (κ2) is 13.1. The Kier molecular flexibility index (Phi) is 9.81. The number of aromatic nitrogens is 3. The number of fused-ring (bicyclic) bond motifs is 1. The number of anilines is 4. The highest BCUT2D eigenvalue weighted by molar-refractivity contribution is 6.21. The van der Waals surface area contributed by atoms with Crippen LogP contribution in [0, 0.1) is 0 Å². The molecule has 1 saturated heterocycles. The molecule has 0 aromatic carbocycles. The molecule has 0 bridgehead atoms. The number of hydrogen-bond donors (Lipinski definition) is 4. The molecular weight excluding hydrogens is 533 g/mol. The van der Waals surface area contributed by atoms with Crippen LogP contribution in [0.15, 0.2) is 18.5 Å². The number of piperazine rings is 1. The van der Waals surface area contributed by atoms with E-state index in [0.717, 1.165) is 19.3 Å². The lowest BCUT2D eigenvalue weighted by molar-refractivity contribution is -0.155. The lowest BCUT2D eigenvalue weighted by Crippen LogP contribution is -2.57. The standard InChI is InChI=1S/C26H38ClF3N8O/c1-2-3-4-5-6-7-8-9-19-17(27)14-34-24-22(23(31)36-38(19)24)25(39)35-18-15-32-11-10-20(18)37-13-12-33-21(16-37)26(28,29)30/h10-11,15,17,19,21,33-34H,2-9,12-14,16H2,1H3,(H2,31,36)(H,35,39). The van der Waals surface area contributed by atoms with Gasteiger partial charge in [0.2, 0.25) is 0 Å². The molecule has 2 aliphatic heterocycles. The number of hydrogen-bond acceptors (Lipinski definition) is 7. The highest BCUT2D eigenvalue weighted by atomic mass is 35.5. The smallest absolute Gasteiger partial charge is 0.381 e. The first-order valence-electron chi connectivity index (χ1n) is 13.8. The average Bonchev–Trinajstić information content (AvgIpc) is 3.25. The minimum atomic E-state index is -4.38. The van der Waals surface area contributed by atoms with Crippen LogP contribution in [-0.2, 0) is 0 Å². The molecule has 4 heterocycles. The fourth-order valence-corrected chi connectivity index (χ4v) is 5.62. The molecule has 3 atom stereocenters. The summed E-state index contributed by atoms with van der Waals surface area (Å²) in [5.74, 6) is 0.0513. The Morgan fingerprint density at radius 3 is 2.72 bits per heavy atom. The van der Waals surface area contributed by atoms with E-state index in [2.05, 4.69) is 33.0 Å². The van der Waals surface area contributed by atoms with Gasteiger partial charge in [-0.2, -0.15) is 18.3 Å². The molecule has 2 aromatic rings. The van der Waals surface area contributed by atoms with E-state index in [9.17, 15) is 18.0 Å². The lowest BCUT2D eigenvalue weighted by atomic mass is 10.0. The number of carbonyl (C=O) groups is 1. The van der Waals surface area contributed by atoms with Crippen LogP contribution in [0.2, 0.25) is 0 Å². The van der Waals surface area contributed by atoms with Crippen molar-refractivity contribution in [1.29, 1.82) is 0 Å². The molecule has 1 amide bonds. The van der Waals surface area contributed by atoms with Gasteiger partial charge >= 0.3 is 6.18 Å². The number of unbranched alkanes of at least 4 members (excludes halogenated alkanes) is 6. The molecule has 0 radical (unpaired) electrons. The normalized spacial score (nSPS) is 21.4. The van der Waals surface area contributed by atoms with Crippen LogP contribution in [0.4, 0.5) is 36.2 Å². The highest BCUT2D eigenvalue weighted by Crippen LogP contribution is 2.37. The van der Waals surface area contributed by atoms with Crippen molar-refractivity contribution in [2.45, 2.75) is 81.9 Å². The molecule has 216 valence electrons. The van der Waals surface area contributed by atoms with Crippen molar-refractivity contribution in [1.82, 2.24) is 20.1 Å². The van der Waals surface area contributed by atoms with Crippen molar-refractivity contribution >= 4 is 40.5 Å². The van der Waals surface area contributed by atoms with Gasteiger partial charge in [0.05, 0.1) is 29.0 Å². The number of halogens is 4. The van der Waals surface area contributed by atoms with Crippen molar-refractivity contribution in [2.75, 3.05) is 47.4 Å². The Morgan fingerprint density at radius 2 is 1.97 bits per heavy atom. The van der Waals surface area contributed by atoms with E-state index in [1.165, 1.54) is 44.5 Å². The first-order valence-corrected chi connectivity index (χ1v) is 14.2. The predicted molar refractivity (Wildman–Crippen MR) is 149 cm³/mol. The van der Waals surface area contributed by atoms with Gasteiger partial charge in [0.1, 0.15) is 17.4 Å². The lowest BCUT2D eigenvalue weighted by Gasteiger charge is -2.36. The third-order valence-corrected chi connectivity index (χ3v) is 7.87. The highest BCUT2D eigenvalue weighted by Gasteiger charge is 2.42. The van der Waals surface area contributed by atoms with E-state index in [4.69, 9.17) is 17.3 Å². The molecule has 4 rings (SSSR count). The molecule has 0 saturated carbocycles. The summed E-state index contributed by atoms with van der Waals surface area (Å²) in [6, 6.07) is -0.168. The van der Waals surface area contributed by atoms with E-state index < -0.39 is 18.1 Å². The van der Waals surface area contributed by atoms with Gasteiger partial charge in [-0.15, -0.1) is 11.6 Å². The minimum absolute atomic E-state index is 0.0649. The first kappa shape index (κ1) is 29.3. The van der Waals surface area contributed by atoms with Crippen LogP contribution in [-0.4, -0.2) is 64.4 Å². The summed E-state index contributed by atoms with van der Waals surface area (Å²) >= 11 is 6.65. The molecule has 39 heavy (non-hydrogen) atoms. The Morgan fingerprint density at radius 1 is 1.23 bits per heavy atom. The zero-order valence-corrected chi connectivity index (χ0v) is 23.0. The molecule has 1 fully saturated rings. The van der Waals surface area contributed by atoms with Gasteiger partial charge in [-0.1, -0.05) is 51.9 Å². The average molecular weight is 571 g/mol. The van der Waals surface area contributed by atoms with Gasteiger partial charge in [0.15, 0.2) is 5.82 Å². The third kappa shape index (κ3) is 7.08. The fourth-order valence-electron chi connectivity index (χ4n) is 5.31. The first-order chi connectivity index (χ1) is 18.7. The number of nitrogens with one attached hydrogen (secondary N) is 3. The largest absolute Gasteiger partial charge is 0.405 e. The van der Waals surface area contributed by atoms with Gasteiger partial charge < -0.3 is 26.6 Å². The number of nitrogens with two attached hydrogens (primary N) is 1. The van der Waals surface area contributed by atoms with Crippen molar-refractivity contribution in [3.63, 3.8) is 0 Å². The van der Waals surface area contributed by atoms with Gasteiger partial charge in [-0.25, -0.2) is 4.68 Å². The van der Waals surface area contributed by atoms with E-state index in [0.29, 0.717) is 30.3 Å². The molecule has 3 unspecified atom stereocenters. The van der Waals surface area contributed by atoms with Crippen molar-refractivity contribution in [2.24, 2.45) is 0 Å². The molecule has 0 aliphatic carbocycles. The maximum absolute atomic E-state index is 13.4. The van der Waals surface area contributed by atoms with Gasteiger partial charge in [-0.3, -0.25) is 9.78 Å². The number of nitrogens with zero attached hydrogens (tertiary/aromatic N) is 4. The van der Waals surface area contributed by atoms with Gasteiger partial charge in [-0.05, 0) is 12.5 Å². The Bertz CT molecular complexity index is 1110. The van der Waals surface area contributed by atoms with Crippen LogP contribution in [0.5, 0.6) is 0 Å². The summed E-state index contributed by atoms with van der Waals surface area (Å²) in [6.45, 7) is 2.90. The molecule has 2 aliphatic rings.